The molecule has 0 saturated heterocycles. The molecule has 0 unspecified atom stereocenters. The van der Waals surface area contributed by atoms with Crippen molar-refractivity contribution < 1.29 is 14.3 Å². The van der Waals surface area contributed by atoms with Crippen molar-refractivity contribution in [1.29, 1.82) is 0 Å². The number of anilines is 1. The number of para-hydroxylation sites is 1. The van der Waals surface area contributed by atoms with Crippen LogP contribution in [0.25, 0.3) is 0 Å². The van der Waals surface area contributed by atoms with Crippen LogP contribution in [0.15, 0.2) is 48.5 Å². The average molecular weight is 338 g/mol. The fourth-order valence-electron chi connectivity index (χ4n) is 2.44. The zero-order valence-corrected chi connectivity index (χ0v) is 14.2. The second-order valence-corrected chi connectivity index (χ2v) is 6.21. The fourth-order valence-corrected chi connectivity index (χ4v) is 2.44. The third-order valence-electron chi connectivity index (χ3n) is 4.10. The number of amides is 2. The summed E-state index contributed by atoms with van der Waals surface area (Å²) in [7, 11) is 0. The van der Waals surface area contributed by atoms with E-state index in [1.165, 1.54) is 0 Å². The van der Waals surface area contributed by atoms with Crippen LogP contribution in [0.3, 0.4) is 0 Å². The van der Waals surface area contributed by atoms with Crippen LogP contribution in [-0.2, 0) is 4.79 Å². The summed E-state index contributed by atoms with van der Waals surface area (Å²) in [4.78, 5) is 23.8. The molecule has 0 radical (unpaired) electrons. The number of ether oxygens (including phenoxy) is 1. The molecule has 130 valence electrons. The lowest BCUT2D eigenvalue weighted by Gasteiger charge is -2.10. The molecule has 1 aliphatic carbocycles. The molecule has 5 heteroatoms. The fraction of sp³-hybridized carbons (Fsp3) is 0.300. The van der Waals surface area contributed by atoms with E-state index in [1.54, 1.807) is 24.3 Å². The highest BCUT2D eigenvalue weighted by molar-refractivity contribution is 5.96. The summed E-state index contributed by atoms with van der Waals surface area (Å²) in [5, 5.41) is 5.68. The van der Waals surface area contributed by atoms with Gasteiger partial charge in [-0.1, -0.05) is 18.2 Å². The molecule has 1 aliphatic rings. The van der Waals surface area contributed by atoms with Gasteiger partial charge in [-0.3, -0.25) is 9.59 Å². The molecule has 2 aromatic rings. The lowest BCUT2D eigenvalue weighted by atomic mass is 10.2. The minimum absolute atomic E-state index is 0.0607. The normalized spacial score (nSPS) is 13.2. The van der Waals surface area contributed by atoms with Crippen LogP contribution < -0.4 is 15.4 Å². The predicted molar refractivity (Wildman–Crippen MR) is 96.8 cm³/mol. The Labute approximate surface area is 147 Å². The minimum atomic E-state index is -0.159. The van der Waals surface area contributed by atoms with Crippen LogP contribution in [-0.4, -0.2) is 25.0 Å². The molecule has 0 spiro atoms. The van der Waals surface area contributed by atoms with Crippen molar-refractivity contribution in [3.63, 3.8) is 0 Å². The van der Waals surface area contributed by atoms with Gasteiger partial charge >= 0.3 is 0 Å². The highest BCUT2D eigenvalue weighted by Gasteiger charge is 2.29. The quantitative estimate of drug-likeness (QED) is 0.762. The van der Waals surface area contributed by atoms with Crippen molar-refractivity contribution in [2.24, 2.45) is 5.92 Å². The highest BCUT2D eigenvalue weighted by atomic mass is 16.5. The Kier molecular flexibility index (Phi) is 5.33. The number of rotatable bonds is 7. The Morgan fingerprint density at radius 1 is 1.08 bits per heavy atom. The smallest absolute Gasteiger partial charge is 0.251 e. The van der Waals surface area contributed by atoms with Crippen LogP contribution in [0, 0.1) is 12.8 Å². The van der Waals surface area contributed by atoms with E-state index in [0.717, 1.165) is 29.8 Å². The van der Waals surface area contributed by atoms with E-state index in [9.17, 15) is 9.59 Å². The van der Waals surface area contributed by atoms with Gasteiger partial charge in [-0.2, -0.15) is 0 Å². The molecule has 0 bridgehead atoms. The molecule has 25 heavy (non-hydrogen) atoms. The number of aryl methyl sites for hydroxylation is 1. The Morgan fingerprint density at radius 3 is 2.48 bits per heavy atom. The second kappa shape index (κ2) is 7.83. The standard InChI is InChI=1S/C20H22N2O3/c1-14-4-2-3-5-18(14)25-13-12-21-19(23)15-8-10-17(11-9-15)22-20(24)16-6-7-16/h2-5,8-11,16H,6-7,12-13H2,1H3,(H,21,23)(H,22,24). The number of benzene rings is 2. The van der Waals surface area contributed by atoms with Gasteiger partial charge in [-0.15, -0.1) is 0 Å². The van der Waals surface area contributed by atoms with Crippen molar-refractivity contribution in [2.75, 3.05) is 18.5 Å². The summed E-state index contributed by atoms with van der Waals surface area (Å²) in [6, 6.07) is 14.7. The zero-order valence-electron chi connectivity index (χ0n) is 14.2. The van der Waals surface area contributed by atoms with E-state index in [4.69, 9.17) is 4.74 Å². The third kappa shape index (κ3) is 4.83. The molecule has 0 aromatic heterocycles. The summed E-state index contributed by atoms with van der Waals surface area (Å²) in [5.41, 5.74) is 2.34. The number of nitrogens with one attached hydrogen (secondary N) is 2. The van der Waals surface area contributed by atoms with Gasteiger partial charge in [-0.05, 0) is 55.7 Å². The minimum Gasteiger partial charge on any atom is -0.491 e. The van der Waals surface area contributed by atoms with Gasteiger partial charge in [0, 0.05) is 17.2 Å². The van der Waals surface area contributed by atoms with Gasteiger partial charge in [-0.25, -0.2) is 0 Å². The first kappa shape index (κ1) is 17.0. The van der Waals surface area contributed by atoms with Crippen molar-refractivity contribution in [1.82, 2.24) is 5.32 Å². The maximum absolute atomic E-state index is 12.1. The summed E-state index contributed by atoms with van der Waals surface area (Å²) >= 11 is 0. The Bertz CT molecular complexity index is 752. The molecular formula is C20H22N2O3. The lowest BCUT2D eigenvalue weighted by Crippen LogP contribution is -2.28. The Balaban J connectivity index is 1.43. The monoisotopic (exact) mass is 338 g/mol. The maximum Gasteiger partial charge on any atom is 0.251 e. The molecule has 1 saturated carbocycles. The molecule has 0 atom stereocenters. The first-order valence-electron chi connectivity index (χ1n) is 8.51. The summed E-state index contributed by atoms with van der Waals surface area (Å²) in [6.07, 6.45) is 1.94. The molecule has 3 rings (SSSR count). The van der Waals surface area contributed by atoms with E-state index in [0.29, 0.717) is 18.7 Å². The largest absolute Gasteiger partial charge is 0.491 e. The molecule has 5 nitrogen and oxygen atoms in total. The van der Waals surface area contributed by atoms with Gasteiger partial charge in [0.25, 0.3) is 5.91 Å². The number of carbonyl (C=O) groups is 2. The number of carbonyl (C=O) groups excluding carboxylic acids is 2. The van der Waals surface area contributed by atoms with Crippen LogP contribution in [0.4, 0.5) is 5.69 Å². The van der Waals surface area contributed by atoms with Gasteiger partial charge in [0.2, 0.25) is 5.91 Å². The van der Waals surface area contributed by atoms with E-state index in [1.807, 2.05) is 31.2 Å². The van der Waals surface area contributed by atoms with Crippen LogP contribution in [0.2, 0.25) is 0 Å². The predicted octanol–water partition coefficient (Wildman–Crippen LogP) is 3.15. The summed E-state index contributed by atoms with van der Waals surface area (Å²) in [5.74, 6) is 0.891. The van der Waals surface area contributed by atoms with Crippen LogP contribution in [0.5, 0.6) is 5.75 Å². The van der Waals surface area contributed by atoms with E-state index in [2.05, 4.69) is 10.6 Å². The van der Waals surface area contributed by atoms with Crippen LogP contribution in [0.1, 0.15) is 28.8 Å². The first-order valence-corrected chi connectivity index (χ1v) is 8.51. The second-order valence-electron chi connectivity index (χ2n) is 6.21. The van der Waals surface area contributed by atoms with Gasteiger partial charge in [0.1, 0.15) is 12.4 Å². The molecule has 2 aromatic carbocycles. The van der Waals surface area contributed by atoms with Crippen molar-refractivity contribution >= 4 is 17.5 Å². The molecular weight excluding hydrogens is 316 g/mol. The van der Waals surface area contributed by atoms with Crippen molar-refractivity contribution in [3.05, 3.63) is 59.7 Å². The zero-order chi connectivity index (χ0) is 17.6. The third-order valence-corrected chi connectivity index (χ3v) is 4.10. The summed E-state index contributed by atoms with van der Waals surface area (Å²) in [6.45, 7) is 2.82. The van der Waals surface area contributed by atoms with E-state index < -0.39 is 0 Å². The first-order chi connectivity index (χ1) is 12.1. The maximum atomic E-state index is 12.1. The molecule has 1 fully saturated rings. The highest BCUT2D eigenvalue weighted by Crippen LogP contribution is 2.30. The molecule has 2 amide bonds. The van der Waals surface area contributed by atoms with Crippen molar-refractivity contribution in [2.45, 2.75) is 19.8 Å². The summed E-state index contributed by atoms with van der Waals surface area (Å²) < 4.78 is 5.65. The Hall–Kier alpha value is -2.82. The number of hydrogen-bond acceptors (Lipinski definition) is 3. The van der Waals surface area contributed by atoms with Crippen molar-refractivity contribution in [3.8, 4) is 5.75 Å². The Morgan fingerprint density at radius 2 is 1.80 bits per heavy atom. The molecule has 0 heterocycles. The average Bonchev–Trinajstić information content (AvgIpc) is 3.46. The van der Waals surface area contributed by atoms with Gasteiger partial charge in [0.05, 0.1) is 6.54 Å². The topological polar surface area (TPSA) is 67.4 Å². The van der Waals surface area contributed by atoms with Gasteiger partial charge < -0.3 is 15.4 Å². The van der Waals surface area contributed by atoms with E-state index >= 15 is 0 Å². The SMILES string of the molecule is Cc1ccccc1OCCNC(=O)c1ccc(NC(=O)C2CC2)cc1. The number of hydrogen-bond donors (Lipinski definition) is 2. The lowest BCUT2D eigenvalue weighted by molar-refractivity contribution is -0.117. The van der Waals surface area contributed by atoms with Crippen LogP contribution >= 0.6 is 0 Å². The van der Waals surface area contributed by atoms with E-state index in [-0.39, 0.29) is 17.7 Å². The molecule has 2 N–H and O–H groups in total. The van der Waals surface area contributed by atoms with Gasteiger partial charge in [0.15, 0.2) is 0 Å². The molecule has 0 aliphatic heterocycles.